The zero-order valence-electron chi connectivity index (χ0n) is 10.6. The largest absolute Gasteiger partial charge is 0.352 e. The number of hydrogen-bond acceptors (Lipinski definition) is 1. The molecule has 0 heterocycles. The molecular weight excluding hydrogens is 314 g/mol. The average molecular weight is 333 g/mol. The molecule has 0 aliphatic heterocycles. The summed E-state index contributed by atoms with van der Waals surface area (Å²) in [6.45, 7) is 2.71. The molecule has 1 rings (SSSR count). The van der Waals surface area contributed by atoms with E-state index in [0.717, 1.165) is 48.1 Å². The molecule has 2 nitrogen and oxygen atoms in total. The number of rotatable bonds is 7. The molecule has 18 heavy (non-hydrogen) atoms. The number of unbranched alkanes of at least 4 members (excludes halogenated alkanes) is 3. The Morgan fingerprint density at radius 1 is 1.28 bits per heavy atom. The van der Waals surface area contributed by atoms with Gasteiger partial charge in [-0.05, 0) is 47.8 Å². The first-order valence-corrected chi connectivity index (χ1v) is 7.58. The minimum Gasteiger partial charge on any atom is -0.352 e. The molecule has 0 saturated heterocycles. The number of amides is 1. The molecule has 0 spiro atoms. The summed E-state index contributed by atoms with van der Waals surface area (Å²) < 4.78 is 0.841. The number of halogens is 2. The van der Waals surface area contributed by atoms with Gasteiger partial charge in [0.15, 0.2) is 0 Å². The van der Waals surface area contributed by atoms with E-state index in [9.17, 15) is 4.79 Å². The lowest BCUT2D eigenvalue weighted by atomic mass is 10.1. The fraction of sp³-hybridized carbons (Fsp3) is 0.500. The zero-order chi connectivity index (χ0) is 13.4. The molecule has 1 aromatic carbocycles. The molecule has 0 aliphatic carbocycles. The molecule has 0 unspecified atom stereocenters. The number of alkyl halides is 1. The Kier molecular flexibility index (Phi) is 7.36. The zero-order valence-corrected chi connectivity index (χ0v) is 13.0. The van der Waals surface area contributed by atoms with Gasteiger partial charge in [-0.25, -0.2) is 0 Å². The van der Waals surface area contributed by atoms with Crippen molar-refractivity contribution in [3.63, 3.8) is 0 Å². The van der Waals surface area contributed by atoms with Crippen LogP contribution in [-0.2, 0) is 0 Å². The lowest BCUT2D eigenvalue weighted by Gasteiger charge is -2.07. The van der Waals surface area contributed by atoms with Gasteiger partial charge in [0.25, 0.3) is 5.91 Å². The molecule has 0 saturated carbocycles. The van der Waals surface area contributed by atoms with Gasteiger partial charge in [0.1, 0.15) is 0 Å². The third kappa shape index (κ3) is 5.40. The standard InChI is InChI=1S/C14H19BrClNO/c1-11-6-7-13(15)12(10-11)14(18)17-9-5-3-2-4-8-16/h6-7,10H,2-5,8-9H2,1H3,(H,17,18). The van der Waals surface area contributed by atoms with E-state index in [2.05, 4.69) is 21.2 Å². The van der Waals surface area contributed by atoms with Crippen LogP contribution in [0.3, 0.4) is 0 Å². The molecule has 0 bridgehead atoms. The van der Waals surface area contributed by atoms with Gasteiger partial charge >= 0.3 is 0 Å². The molecule has 0 atom stereocenters. The van der Waals surface area contributed by atoms with Crippen molar-refractivity contribution in [2.24, 2.45) is 0 Å². The molecule has 1 aromatic rings. The van der Waals surface area contributed by atoms with E-state index in [1.165, 1.54) is 0 Å². The second kappa shape index (κ2) is 8.54. The van der Waals surface area contributed by atoms with Gasteiger partial charge in [0.2, 0.25) is 0 Å². The molecule has 100 valence electrons. The predicted molar refractivity (Wildman–Crippen MR) is 80.4 cm³/mol. The van der Waals surface area contributed by atoms with Crippen LogP contribution in [0, 0.1) is 6.92 Å². The number of benzene rings is 1. The molecule has 0 aliphatic rings. The van der Waals surface area contributed by atoms with E-state index in [4.69, 9.17) is 11.6 Å². The lowest BCUT2D eigenvalue weighted by molar-refractivity contribution is 0.0952. The SMILES string of the molecule is Cc1ccc(Br)c(C(=O)NCCCCCCCl)c1. The quantitative estimate of drug-likeness (QED) is 0.586. The third-order valence-corrected chi connectivity index (χ3v) is 3.67. The smallest absolute Gasteiger partial charge is 0.252 e. The van der Waals surface area contributed by atoms with E-state index in [-0.39, 0.29) is 5.91 Å². The van der Waals surface area contributed by atoms with E-state index < -0.39 is 0 Å². The summed E-state index contributed by atoms with van der Waals surface area (Å²) in [7, 11) is 0. The number of carbonyl (C=O) groups excluding carboxylic acids is 1. The van der Waals surface area contributed by atoms with Crippen molar-refractivity contribution in [1.29, 1.82) is 0 Å². The highest BCUT2D eigenvalue weighted by atomic mass is 79.9. The second-order valence-electron chi connectivity index (χ2n) is 4.34. The van der Waals surface area contributed by atoms with Crippen molar-refractivity contribution in [1.82, 2.24) is 5.32 Å². The Labute approximate surface area is 122 Å². The summed E-state index contributed by atoms with van der Waals surface area (Å²) >= 11 is 9.00. The number of nitrogens with one attached hydrogen (secondary N) is 1. The Hall–Kier alpha value is -0.540. The van der Waals surface area contributed by atoms with Gasteiger partial charge in [0.05, 0.1) is 5.56 Å². The molecule has 0 fully saturated rings. The minimum atomic E-state index is -0.0112. The van der Waals surface area contributed by atoms with Gasteiger partial charge in [-0.1, -0.05) is 24.5 Å². The van der Waals surface area contributed by atoms with Crippen molar-refractivity contribution in [3.8, 4) is 0 Å². The maximum absolute atomic E-state index is 11.9. The number of aryl methyl sites for hydroxylation is 1. The van der Waals surface area contributed by atoms with Crippen molar-refractivity contribution >= 4 is 33.4 Å². The number of hydrogen-bond donors (Lipinski definition) is 1. The predicted octanol–water partition coefficient (Wildman–Crippen LogP) is 4.29. The topological polar surface area (TPSA) is 29.1 Å². The van der Waals surface area contributed by atoms with Crippen LogP contribution < -0.4 is 5.32 Å². The van der Waals surface area contributed by atoms with Crippen molar-refractivity contribution in [2.45, 2.75) is 32.6 Å². The van der Waals surface area contributed by atoms with Crippen LogP contribution in [0.25, 0.3) is 0 Å². The maximum Gasteiger partial charge on any atom is 0.252 e. The van der Waals surface area contributed by atoms with Crippen molar-refractivity contribution in [2.75, 3.05) is 12.4 Å². The normalized spacial score (nSPS) is 10.4. The average Bonchev–Trinajstić information content (AvgIpc) is 2.36. The summed E-state index contributed by atoms with van der Waals surface area (Å²) in [6.07, 6.45) is 4.31. The highest BCUT2D eigenvalue weighted by molar-refractivity contribution is 9.10. The first kappa shape index (κ1) is 15.5. The first-order chi connectivity index (χ1) is 8.65. The summed E-state index contributed by atoms with van der Waals surface area (Å²) in [4.78, 5) is 11.9. The first-order valence-electron chi connectivity index (χ1n) is 6.25. The molecule has 4 heteroatoms. The van der Waals surface area contributed by atoms with Gasteiger partial charge in [-0.3, -0.25) is 4.79 Å². The van der Waals surface area contributed by atoms with E-state index in [1.54, 1.807) is 0 Å². The second-order valence-corrected chi connectivity index (χ2v) is 5.57. The van der Waals surface area contributed by atoms with Crippen LogP contribution in [0.15, 0.2) is 22.7 Å². The fourth-order valence-electron chi connectivity index (χ4n) is 1.68. The lowest BCUT2D eigenvalue weighted by Crippen LogP contribution is -2.24. The van der Waals surface area contributed by atoms with Gasteiger partial charge in [-0.2, -0.15) is 0 Å². The van der Waals surface area contributed by atoms with E-state index >= 15 is 0 Å². The summed E-state index contributed by atoms with van der Waals surface area (Å²) in [5.74, 6) is 0.714. The van der Waals surface area contributed by atoms with Crippen LogP contribution in [0.5, 0.6) is 0 Å². The highest BCUT2D eigenvalue weighted by Gasteiger charge is 2.09. The van der Waals surface area contributed by atoms with Crippen molar-refractivity contribution < 1.29 is 4.79 Å². The Morgan fingerprint density at radius 2 is 2.00 bits per heavy atom. The van der Waals surface area contributed by atoms with Gasteiger partial charge in [0, 0.05) is 16.9 Å². The van der Waals surface area contributed by atoms with Gasteiger partial charge in [-0.15, -0.1) is 11.6 Å². The van der Waals surface area contributed by atoms with E-state index in [1.807, 2.05) is 25.1 Å². The monoisotopic (exact) mass is 331 g/mol. The van der Waals surface area contributed by atoms with Crippen LogP contribution in [0.2, 0.25) is 0 Å². The Bertz CT molecular complexity index is 395. The maximum atomic E-state index is 11.9. The molecular formula is C14H19BrClNO. The summed E-state index contributed by atoms with van der Waals surface area (Å²) in [5, 5.41) is 2.94. The van der Waals surface area contributed by atoms with Gasteiger partial charge < -0.3 is 5.32 Å². The summed E-state index contributed by atoms with van der Waals surface area (Å²) in [6, 6.07) is 5.78. The van der Waals surface area contributed by atoms with Crippen LogP contribution in [-0.4, -0.2) is 18.3 Å². The van der Waals surface area contributed by atoms with E-state index in [0.29, 0.717) is 5.56 Å². The van der Waals surface area contributed by atoms with Crippen LogP contribution >= 0.6 is 27.5 Å². The molecule has 1 amide bonds. The summed E-state index contributed by atoms with van der Waals surface area (Å²) in [5.41, 5.74) is 1.79. The van der Waals surface area contributed by atoms with Crippen LogP contribution in [0.1, 0.15) is 41.6 Å². The highest BCUT2D eigenvalue weighted by Crippen LogP contribution is 2.17. The molecule has 0 aromatic heterocycles. The van der Waals surface area contributed by atoms with Crippen molar-refractivity contribution in [3.05, 3.63) is 33.8 Å². The minimum absolute atomic E-state index is 0.0112. The van der Waals surface area contributed by atoms with Crippen LogP contribution in [0.4, 0.5) is 0 Å². The fourth-order valence-corrected chi connectivity index (χ4v) is 2.30. The third-order valence-electron chi connectivity index (χ3n) is 2.71. The Balaban J connectivity index is 2.34. The molecule has 0 radical (unpaired) electrons. The Morgan fingerprint density at radius 3 is 2.72 bits per heavy atom. The number of carbonyl (C=O) groups is 1. The molecule has 1 N–H and O–H groups in total.